The predicted molar refractivity (Wildman–Crippen MR) is 117 cm³/mol. The van der Waals surface area contributed by atoms with Crippen molar-refractivity contribution in [3.8, 4) is 11.1 Å². The fourth-order valence-electron chi connectivity index (χ4n) is 3.92. The van der Waals surface area contributed by atoms with Gasteiger partial charge in [-0.05, 0) is 22.3 Å². The molecule has 1 atom stereocenters. The van der Waals surface area contributed by atoms with Gasteiger partial charge in [-0.15, -0.1) is 0 Å². The van der Waals surface area contributed by atoms with Crippen LogP contribution in [0.2, 0.25) is 0 Å². The number of hydrogen-bond donors (Lipinski definition) is 3. The molecule has 1 unspecified atom stereocenters. The highest BCUT2D eigenvalue weighted by Gasteiger charge is 2.30. The lowest BCUT2D eigenvalue weighted by molar-refractivity contribution is -0.139. The Morgan fingerprint density at radius 3 is 2.30 bits per heavy atom. The Hall–Kier alpha value is -4.21. The molecule has 3 aromatic rings. The number of amides is 2. The van der Waals surface area contributed by atoms with E-state index in [9.17, 15) is 14.4 Å². The number of carboxylic acid groups (broad SMARTS) is 1. The van der Waals surface area contributed by atoms with Gasteiger partial charge in [0.05, 0.1) is 13.0 Å². The van der Waals surface area contributed by atoms with Gasteiger partial charge in [0.2, 0.25) is 5.91 Å². The van der Waals surface area contributed by atoms with Crippen LogP contribution < -0.4 is 10.6 Å². The Labute approximate surface area is 189 Å². The van der Waals surface area contributed by atoms with E-state index in [2.05, 4.69) is 20.7 Å². The van der Waals surface area contributed by atoms with E-state index in [0.29, 0.717) is 5.82 Å². The van der Waals surface area contributed by atoms with E-state index in [-0.39, 0.29) is 19.1 Å². The summed E-state index contributed by atoms with van der Waals surface area (Å²) in [6.45, 7) is 0.0568. The largest absolute Gasteiger partial charge is 0.481 e. The molecule has 1 heterocycles. The van der Waals surface area contributed by atoms with Crippen LogP contribution in [0.4, 0.5) is 4.79 Å². The lowest BCUT2D eigenvalue weighted by Gasteiger charge is -2.18. The summed E-state index contributed by atoms with van der Waals surface area (Å²) in [5, 5.41) is 18.1. The SMILES string of the molecule is Cn1cnc(CNC(=O)C(CC(=O)O)NC(=O)OCC2c3ccccc3-c3ccccc32)n1. The van der Waals surface area contributed by atoms with E-state index in [1.807, 2.05) is 48.5 Å². The standard InChI is InChI=1S/C23H23N5O5/c1-28-13-25-20(27-28)11-24-22(31)19(10-21(29)30)26-23(32)33-12-18-16-8-4-2-6-14(16)15-7-3-5-9-17(15)18/h2-9,13,18-19H,10-12H2,1H3,(H,24,31)(H,26,32)(H,29,30). The first kappa shape index (κ1) is 22.0. The van der Waals surface area contributed by atoms with Crippen molar-refractivity contribution < 1.29 is 24.2 Å². The Morgan fingerprint density at radius 2 is 1.73 bits per heavy atom. The van der Waals surface area contributed by atoms with Crippen LogP contribution in [0, 0.1) is 0 Å². The molecular weight excluding hydrogens is 426 g/mol. The third kappa shape index (κ3) is 5.00. The number of alkyl carbamates (subject to hydrolysis) is 1. The molecule has 0 radical (unpaired) electrons. The van der Waals surface area contributed by atoms with Gasteiger partial charge in [0.1, 0.15) is 19.0 Å². The zero-order chi connectivity index (χ0) is 23.4. The molecule has 0 saturated carbocycles. The minimum Gasteiger partial charge on any atom is -0.481 e. The molecule has 0 fully saturated rings. The summed E-state index contributed by atoms with van der Waals surface area (Å²) < 4.78 is 6.89. The van der Waals surface area contributed by atoms with Gasteiger partial charge in [-0.2, -0.15) is 5.10 Å². The van der Waals surface area contributed by atoms with Gasteiger partial charge < -0.3 is 20.5 Å². The summed E-state index contributed by atoms with van der Waals surface area (Å²) in [5.74, 6) is -1.69. The number of nitrogens with one attached hydrogen (secondary N) is 2. The van der Waals surface area contributed by atoms with Crippen LogP contribution in [0.15, 0.2) is 54.9 Å². The van der Waals surface area contributed by atoms with Gasteiger partial charge in [0.15, 0.2) is 5.82 Å². The van der Waals surface area contributed by atoms with Crippen molar-refractivity contribution in [2.45, 2.75) is 24.9 Å². The molecule has 2 amide bonds. The van der Waals surface area contributed by atoms with Crippen LogP contribution in [-0.2, 0) is 27.9 Å². The number of carbonyl (C=O) groups is 3. The molecule has 2 aromatic carbocycles. The summed E-state index contributed by atoms with van der Waals surface area (Å²) in [7, 11) is 1.68. The molecule has 0 bridgehead atoms. The number of fused-ring (bicyclic) bond motifs is 3. The van der Waals surface area contributed by atoms with Crippen LogP contribution in [0.1, 0.15) is 29.3 Å². The minimum atomic E-state index is -1.30. The van der Waals surface area contributed by atoms with E-state index >= 15 is 0 Å². The monoisotopic (exact) mass is 449 g/mol. The minimum absolute atomic E-state index is 0.00214. The Kier molecular flexibility index (Phi) is 6.34. The highest BCUT2D eigenvalue weighted by molar-refractivity contribution is 5.89. The third-order valence-electron chi connectivity index (χ3n) is 5.40. The van der Waals surface area contributed by atoms with Gasteiger partial charge in [0, 0.05) is 13.0 Å². The summed E-state index contributed by atoms with van der Waals surface area (Å²) in [4.78, 5) is 40.1. The van der Waals surface area contributed by atoms with Crippen molar-refractivity contribution in [2.24, 2.45) is 7.05 Å². The lowest BCUT2D eigenvalue weighted by atomic mass is 9.98. The first-order valence-electron chi connectivity index (χ1n) is 10.4. The Balaban J connectivity index is 1.38. The van der Waals surface area contributed by atoms with Crippen molar-refractivity contribution >= 4 is 18.0 Å². The lowest BCUT2D eigenvalue weighted by Crippen LogP contribution is -2.48. The Bertz CT molecular complexity index is 1150. The zero-order valence-corrected chi connectivity index (χ0v) is 17.9. The number of ether oxygens (including phenoxy) is 1. The van der Waals surface area contributed by atoms with E-state index in [0.717, 1.165) is 22.3 Å². The highest BCUT2D eigenvalue weighted by Crippen LogP contribution is 2.44. The number of rotatable bonds is 8. The second-order valence-corrected chi connectivity index (χ2v) is 7.67. The number of aryl methyl sites for hydroxylation is 1. The molecule has 1 aromatic heterocycles. The number of aromatic nitrogens is 3. The number of nitrogens with zero attached hydrogens (tertiary/aromatic N) is 3. The van der Waals surface area contributed by atoms with Crippen molar-refractivity contribution in [1.29, 1.82) is 0 Å². The van der Waals surface area contributed by atoms with Gasteiger partial charge in [-0.1, -0.05) is 48.5 Å². The molecule has 1 aliphatic carbocycles. The molecule has 170 valence electrons. The second-order valence-electron chi connectivity index (χ2n) is 7.67. The van der Waals surface area contributed by atoms with Gasteiger partial charge in [-0.25, -0.2) is 9.78 Å². The molecular formula is C23H23N5O5. The Morgan fingerprint density at radius 1 is 1.09 bits per heavy atom. The molecule has 4 rings (SSSR count). The summed E-state index contributed by atoms with van der Waals surface area (Å²) in [6, 6.07) is 14.5. The summed E-state index contributed by atoms with van der Waals surface area (Å²) in [5.41, 5.74) is 4.28. The van der Waals surface area contributed by atoms with E-state index in [4.69, 9.17) is 9.84 Å². The van der Waals surface area contributed by atoms with E-state index in [1.165, 1.54) is 11.0 Å². The molecule has 10 nitrogen and oxygen atoms in total. The first-order chi connectivity index (χ1) is 15.9. The fourth-order valence-corrected chi connectivity index (χ4v) is 3.92. The molecule has 0 spiro atoms. The quantitative estimate of drug-likeness (QED) is 0.477. The van der Waals surface area contributed by atoms with E-state index < -0.39 is 30.4 Å². The molecule has 1 aliphatic rings. The highest BCUT2D eigenvalue weighted by atomic mass is 16.5. The van der Waals surface area contributed by atoms with Crippen molar-refractivity contribution in [1.82, 2.24) is 25.4 Å². The van der Waals surface area contributed by atoms with Gasteiger partial charge in [-0.3, -0.25) is 14.3 Å². The number of carboxylic acids is 1. The van der Waals surface area contributed by atoms with Crippen molar-refractivity contribution in [3.63, 3.8) is 0 Å². The van der Waals surface area contributed by atoms with Crippen LogP contribution in [0.25, 0.3) is 11.1 Å². The number of carbonyl (C=O) groups excluding carboxylic acids is 2. The van der Waals surface area contributed by atoms with Gasteiger partial charge in [0.25, 0.3) is 0 Å². The van der Waals surface area contributed by atoms with E-state index in [1.54, 1.807) is 7.05 Å². The normalized spacial score (nSPS) is 13.0. The van der Waals surface area contributed by atoms with Gasteiger partial charge >= 0.3 is 12.1 Å². The van der Waals surface area contributed by atoms with Crippen molar-refractivity contribution in [3.05, 3.63) is 71.8 Å². The first-order valence-corrected chi connectivity index (χ1v) is 10.4. The van der Waals surface area contributed by atoms with Crippen molar-refractivity contribution in [2.75, 3.05) is 6.61 Å². The topological polar surface area (TPSA) is 135 Å². The molecule has 0 saturated heterocycles. The smallest absolute Gasteiger partial charge is 0.407 e. The van der Waals surface area contributed by atoms with Crippen LogP contribution in [-0.4, -0.2) is 50.5 Å². The number of benzene rings is 2. The molecule has 3 N–H and O–H groups in total. The fraction of sp³-hybridized carbons (Fsp3) is 0.261. The zero-order valence-electron chi connectivity index (χ0n) is 17.9. The maximum atomic E-state index is 12.5. The number of hydrogen-bond acceptors (Lipinski definition) is 6. The van der Waals surface area contributed by atoms with Crippen LogP contribution in [0.5, 0.6) is 0 Å². The predicted octanol–water partition coefficient (Wildman–Crippen LogP) is 1.81. The maximum absolute atomic E-state index is 12.5. The third-order valence-corrected chi connectivity index (χ3v) is 5.40. The number of aliphatic carboxylic acids is 1. The average molecular weight is 449 g/mol. The molecule has 10 heteroatoms. The van der Waals surface area contributed by atoms with Crippen LogP contribution in [0.3, 0.4) is 0 Å². The summed E-state index contributed by atoms with van der Waals surface area (Å²) >= 11 is 0. The molecule has 0 aliphatic heterocycles. The van der Waals surface area contributed by atoms with Crippen LogP contribution >= 0.6 is 0 Å². The maximum Gasteiger partial charge on any atom is 0.407 e. The summed E-state index contributed by atoms with van der Waals surface area (Å²) in [6.07, 6.45) is 0.0193. The second kappa shape index (κ2) is 9.51. The average Bonchev–Trinajstić information content (AvgIpc) is 3.36. The molecule has 33 heavy (non-hydrogen) atoms.